The third kappa shape index (κ3) is 3.46. The molecule has 0 bridgehead atoms. The maximum Gasteiger partial charge on any atom is 0.225 e. The number of rotatable bonds is 4. The second-order valence-corrected chi connectivity index (χ2v) is 6.56. The van der Waals surface area contributed by atoms with Crippen LogP contribution in [0.15, 0.2) is 18.2 Å². The molecule has 0 unspecified atom stereocenters. The van der Waals surface area contributed by atoms with E-state index in [2.05, 4.69) is 12.2 Å². The van der Waals surface area contributed by atoms with Gasteiger partial charge < -0.3 is 10.2 Å². The summed E-state index contributed by atoms with van der Waals surface area (Å²) in [6.45, 7) is 4.22. The highest BCUT2D eigenvalue weighted by Gasteiger charge is 2.36. The van der Waals surface area contributed by atoms with Crippen molar-refractivity contribution in [2.45, 2.75) is 38.8 Å². The van der Waals surface area contributed by atoms with E-state index < -0.39 is 11.6 Å². The molecule has 1 amide bonds. The lowest BCUT2D eigenvalue weighted by Gasteiger charge is -2.37. The Kier molecular flexibility index (Phi) is 4.43. The first-order valence-corrected chi connectivity index (χ1v) is 8.00. The summed E-state index contributed by atoms with van der Waals surface area (Å²) in [6.07, 6.45) is 2.99. The molecule has 2 fully saturated rings. The normalized spacial score (nSPS) is 25.3. The van der Waals surface area contributed by atoms with Gasteiger partial charge in [-0.3, -0.25) is 4.79 Å². The number of carbonyl (C=O) groups excluding carboxylic acids is 1. The van der Waals surface area contributed by atoms with Crippen LogP contribution in [-0.4, -0.2) is 29.9 Å². The molecule has 3 rings (SSSR count). The quantitative estimate of drug-likeness (QED) is 0.927. The summed E-state index contributed by atoms with van der Waals surface area (Å²) in [6, 6.07) is 4.30. The maximum atomic E-state index is 13.2. The summed E-state index contributed by atoms with van der Waals surface area (Å²) in [4.78, 5) is 14.1. The predicted octanol–water partition coefficient (Wildman–Crippen LogP) is 2.70. The Labute approximate surface area is 129 Å². The molecule has 1 aliphatic heterocycles. The van der Waals surface area contributed by atoms with Crippen LogP contribution in [0.2, 0.25) is 0 Å². The second-order valence-electron chi connectivity index (χ2n) is 6.56. The smallest absolute Gasteiger partial charge is 0.225 e. The molecule has 1 saturated carbocycles. The summed E-state index contributed by atoms with van der Waals surface area (Å²) in [7, 11) is 0. The fourth-order valence-corrected chi connectivity index (χ4v) is 3.14. The largest absolute Gasteiger partial charge is 0.342 e. The minimum atomic E-state index is -0.816. The van der Waals surface area contributed by atoms with Crippen LogP contribution in [0.25, 0.3) is 0 Å². The van der Waals surface area contributed by atoms with Crippen molar-refractivity contribution in [1.82, 2.24) is 10.2 Å². The first-order valence-electron chi connectivity index (χ1n) is 8.00. The van der Waals surface area contributed by atoms with Gasteiger partial charge in [-0.1, -0.05) is 13.0 Å². The van der Waals surface area contributed by atoms with Crippen LogP contribution in [0.1, 0.15) is 31.7 Å². The Morgan fingerprint density at radius 1 is 1.27 bits per heavy atom. The molecular weight excluding hydrogens is 286 g/mol. The lowest BCUT2D eigenvalue weighted by Crippen LogP contribution is -2.50. The third-order valence-corrected chi connectivity index (χ3v) is 4.70. The van der Waals surface area contributed by atoms with Crippen molar-refractivity contribution in [3.8, 4) is 0 Å². The van der Waals surface area contributed by atoms with Crippen LogP contribution < -0.4 is 5.32 Å². The summed E-state index contributed by atoms with van der Waals surface area (Å²) in [5.41, 5.74) is 0.739. The average molecular weight is 308 g/mol. The van der Waals surface area contributed by atoms with Crippen LogP contribution in [0.4, 0.5) is 8.78 Å². The van der Waals surface area contributed by atoms with E-state index in [4.69, 9.17) is 0 Å². The SMILES string of the molecule is C[C@H]1CN(C(=O)C2CC2)CC[C@H]1NCc1ccc(F)c(F)c1. The first-order chi connectivity index (χ1) is 10.5. The number of halogens is 2. The molecular formula is C17H22F2N2O. The van der Waals surface area contributed by atoms with Crippen molar-refractivity contribution in [3.63, 3.8) is 0 Å². The monoisotopic (exact) mass is 308 g/mol. The molecule has 22 heavy (non-hydrogen) atoms. The summed E-state index contributed by atoms with van der Waals surface area (Å²) < 4.78 is 26.1. The van der Waals surface area contributed by atoms with Gasteiger partial charge in [-0.15, -0.1) is 0 Å². The fourth-order valence-electron chi connectivity index (χ4n) is 3.14. The number of hydrogen-bond donors (Lipinski definition) is 1. The zero-order valence-corrected chi connectivity index (χ0v) is 12.8. The molecule has 0 radical (unpaired) electrons. The van der Waals surface area contributed by atoms with Gasteiger partial charge in [-0.2, -0.15) is 0 Å². The Morgan fingerprint density at radius 2 is 2.05 bits per heavy atom. The van der Waals surface area contributed by atoms with Gasteiger partial charge in [0.1, 0.15) is 0 Å². The van der Waals surface area contributed by atoms with Gasteiger partial charge in [-0.05, 0) is 42.9 Å². The van der Waals surface area contributed by atoms with Crippen LogP contribution in [-0.2, 0) is 11.3 Å². The minimum absolute atomic E-state index is 0.277. The van der Waals surface area contributed by atoms with Crippen LogP contribution in [0.3, 0.4) is 0 Å². The lowest BCUT2D eigenvalue weighted by molar-refractivity contribution is -0.134. The van der Waals surface area contributed by atoms with Crippen molar-refractivity contribution in [2.24, 2.45) is 11.8 Å². The van der Waals surface area contributed by atoms with Gasteiger partial charge in [0.15, 0.2) is 11.6 Å². The molecule has 1 aromatic rings. The zero-order chi connectivity index (χ0) is 15.7. The molecule has 1 aliphatic carbocycles. The highest BCUT2D eigenvalue weighted by molar-refractivity contribution is 5.81. The average Bonchev–Trinajstić information content (AvgIpc) is 3.33. The highest BCUT2D eigenvalue weighted by Crippen LogP contribution is 2.32. The van der Waals surface area contributed by atoms with Crippen molar-refractivity contribution >= 4 is 5.91 Å². The van der Waals surface area contributed by atoms with Gasteiger partial charge in [0.25, 0.3) is 0 Å². The van der Waals surface area contributed by atoms with E-state index >= 15 is 0 Å². The number of nitrogens with zero attached hydrogens (tertiary/aromatic N) is 1. The maximum absolute atomic E-state index is 13.2. The van der Waals surface area contributed by atoms with E-state index in [1.165, 1.54) is 6.07 Å². The fraction of sp³-hybridized carbons (Fsp3) is 0.588. The number of piperidine rings is 1. The van der Waals surface area contributed by atoms with E-state index in [1.807, 2.05) is 4.90 Å². The topological polar surface area (TPSA) is 32.3 Å². The van der Waals surface area contributed by atoms with Gasteiger partial charge in [0, 0.05) is 31.6 Å². The van der Waals surface area contributed by atoms with Crippen molar-refractivity contribution in [2.75, 3.05) is 13.1 Å². The summed E-state index contributed by atoms with van der Waals surface area (Å²) in [5.74, 6) is -0.673. The minimum Gasteiger partial charge on any atom is -0.342 e. The number of benzene rings is 1. The van der Waals surface area contributed by atoms with Crippen molar-refractivity contribution < 1.29 is 13.6 Å². The van der Waals surface area contributed by atoms with E-state index in [-0.39, 0.29) is 5.92 Å². The Bertz CT molecular complexity index is 560. The molecule has 5 heteroatoms. The number of carbonyl (C=O) groups is 1. The lowest BCUT2D eigenvalue weighted by atomic mass is 9.93. The van der Waals surface area contributed by atoms with E-state index in [0.29, 0.717) is 24.4 Å². The Hall–Kier alpha value is -1.49. The molecule has 1 saturated heterocycles. The standard InChI is InChI=1S/C17H22F2N2O/c1-11-10-21(17(22)13-3-4-13)7-6-16(11)20-9-12-2-5-14(18)15(19)8-12/h2,5,8,11,13,16,20H,3-4,6-7,9-10H2,1H3/t11-,16+/m0/s1. The summed E-state index contributed by atoms with van der Waals surface area (Å²) in [5, 5.41) is 3.41. The van der Waals surface area contributed by atoms with E-state index in [0.717, 1.165) is 44.0 Å². The zero-order valence-electron chi connectivity index (χ0n) is 12.8. The molecule has 120 valence electrons. The van der Waals surface area contributed by atoms with Gasteiger partial charge in [-0.25, -0.2) is 8.78 Å². The molecule has 2 aliphatic rings. The molecule has 1 N–H and O–H groups in total. The van der Waals surface area contributed by atoms with Crippen molar-refractivity contribution in [3.05, 3.63) is 35.4 Å². The van der Waals surface area contributed by atoms with Crippen LogP contribution in [0.5, 0.6) is 0 Å². The van der Waals surface area contributed by atoms with Gasteiger partial charge >= 0.3 is 0 Å². The van der Waals surface area contributed by atoms with Gasteiger partial charge in [0.05, 0.1) is 0 Å². The molecule has 2 atom stereocenters. The third-order valence-electron chi connectivity index (χ3n) is 4.70. The van der Waals surface area contributed by atoms with Crippen molar-refractivity contribution in [1.29, 1.82) is 0 Å². The Morgan fingerprint density at radius 3 is 2.68 bits per heavy atom. The van der Waals surface area contributed by atoms with E-state index in [1.54, 1.807) is 6.07 Å². The molecule has 0 aromatic heterocycles. The van der Waals surface area contributed by atoms with Crippen LogP contribution in [0, 0.1) is 23.5 Å². The first kappa shape index (κ1) is 15.4. The van der Waals surface area contributed by atoms with Gasteiger partial charge in [0.2, 0.25) is 5.91 Å². The highest BCUT2D eigenvalue weighted by atomic mass is 19.2. The number of hydrogen-bond acceptors (Lipinski definition) is 2. The number of nitrogens with one attached hydrogen (secondary N) is 1. The summed E-state index contributed by atoms with van der Waals surface area (Å²) >= 11 is 0. The molecule has 1 aromatic carbocycles. The van der Waals surface area contributed by atoms with E-state index in [9.17, 15) is 13.6 Å². The molecule has 3 nitrogen and oxygen atoms in total. The second kappa shape index (κ2) is 6.32. The predicted molar refractivity (Wildman–Crippen MR) is 80.1 cm³/mol. The molecule has 1 heterocycles. The molecule has 0 spiro atoms. The Balaban J connectivity index is 1.51. The number of amides is 1. The van der Waals surface area contributed by atoms with Crippen LogP contribution >= 0.6 is 0 Å². The number of likely N-dealkylation sites (tertiary alicyclic amines) is 1.